The number of alkyl halides is 3. The lowest BCUT2D eigenvalue weighted by atomic mass is 10.2. The summed E-state index contributed by atoms with van der Waals surface area (Å²) in [6.45, 7) is 1.03. The highest BCUT2D eigenvalue weighted by Crippen LogP contribution is 2.20. The van der Waals surface area contributed by atoms with Gasteiger partial charge in [-0.15, -0.1) is 0 Å². The van der Waals surface area contributed by atoms with Crippen LogP contribution in [0, 0.1) is 6.92 Å². The number of furan rings is 1. The summed E-state index contributed by atoms with van der Waals surface area (Å²) >= 11 is 0. The van der Waals surface area contributed by atoms with Crippen molar-refractivity contribution in [2.24, 2.45) is 5.84 Å². The molecule has 102 valence electrons. The highest BCUT2D eigenvalue weighted by Gasteiger charge is 2.26. The first-order chi connectivity index (χ1) is 8.33. The van der Waals surface area contributed by atoms with Crippen LogP contribution in [0.5, 0.6) is 0 Å². The second-order valence-electron chi connectivity index (χ2n) is 3.62. The van der Waals surface area contributed by atoms with Gasteiger partial charge in [0, 0.05) is 5.56 Å². The van der Waals surface area contributed by atoms with Crippen molar-refractivity contribution < 1.29 is 27.1 Å². The molecule has 0 unspecified atom stereocenters. The molecule has 0 radical (unpaired) electrons. The van der Waals surface area contributed by atoms with Gasteiger partial charge >= 0.3 is 12.1 Å². The second-order valence-corrected chi connectivity index (χ2v) is 3.62. The Morgan fingerprint density at radius 2 is 2.22 bits per heavy atom. The summed E-state index contributed by atoms with van der Waals surface area (Å²) in [4.78, 5) is 11.2. The molecule has 5 nitrogen and oxygen atoms in total. The maximum atomic E-state index is 11.8. The fraction of sp³-hybridized carbons (Fsp3) is 0.500. The summed E-state index contributed by atoms with van der Waals surface area (Å²) in [6, 6.07) is 1.51. The van der Waals surface area contributed by atoms with Gasteiger partial charge in [-0.05, 0) is 13.0 Å². The summed E-state index contributed by atoms with van der Waals surface area (Å²) in [5.74, 6) is 4.63. The van der Waals surface area contributed by atoms with Crippen molar-refractivity contribution >= 4 is 5.91 Å². The van der Waals surface area contributed by atoms with Crippen LogP contribution in [-0.4, -0.2) is 18.7 Å². The van der Waals surface area contributed by atoms with Crippen LogP contribution in [0.2, 0.25) is 0 Å². The summed E-state index contributed by atoms with van der Waals surface area (Å²) in [6.07, 6.45) is -5.27. The zero-order valence-electron chi connectivity index (χ0n) is 9.63. The Morgan fingerprint density at radius 3 is 2.78 bits per heavy atom. The number of aryl methyl sites for hydroxylation is 1. The molecule has 1 amide bonds. The number of nitrogens with one attached hydrogen (secondary N) is 1. The molecule has 1 aromatic heterocycles. The third-order valence-electron chi connectivity index (χ3n) is 2.08. The number of hydrogen-bond donors (Lipinski definition) is 2. The minimum atomic E-state index is -4.25. The standard InChI is InChI=1S/C10H13F3N2O3/c1-6-4-7(18-8(6)9(16)15-14)5-17-3-2-10(11,12)13/h4H,2-3,5,14H2,1H3,(H,15,16). The molecule has 0 spiro atoms. The summed E-state index contributed by atoms with van der Waals surface area (Å²) < 4.78 is 45.4. The highest BCUT2D eigenvalue weighted by molar-refractivity contribution is 5.92. The van der Waals surface area contributed by atoms with Gasteiger partial charge < -0.3 is 9.15 Å². The second kappa shape index (κ2) is 5.87. The zero-order valence-corrected chi connectivity index (χ0v) is 9.63. The van der Waals surface area contributed by atoms with Crippen LogP contribution >= 0.6 is 0 Å². The van der Waals surface area contributed by atoms with Crippen molar-refractivity contribution in [1.29, 1.82) is 0 Å². The number of halogens is 3. The van der Waals surface area contributed by atoms with Crippen molar-refractivity contribution in [2.45, 2.75) is 26.1 Å². The van der Waals surface area contributed by atoms with E-state index in [2.05, 4.69) is 0 Å². The van der Waals surface area contributed by atoms with Crippen LogP contribution in [-0.2, 0) is 11.3 Å². The van der Waals surface area contributed by atoms with E-state index in [1.54, 1.807) is 6.92 Å². The monoisotopic (exact) mass is 266 g/mol. The lowest BCUT2D eigenvalue weighted by Crippen LogP contribution is -2.30. The lowest BCUT2D eigenvalue weighted by molar-refractivity contribution is -0.146. The van der Waals surface area contributed by atoms with Crippen LogP contribution in [0.15, 0.2) is 10.5 Å². The van der Waals surface area contributed by atoms with E-state index in [0.717, 1.165) is 0 Å². The van der Waals surface area contributed by atoms with E-state index in [-0.39, 0.29) is 18.1 Å². The predicted octanol–water partition coefficient (Wildman–Crippen LogP) is 1.66. The molecule has 0 atom stereocenters. The molecule has 1 rings (SSSR count). The first-order valence-corrected chi connectivity index (χ1v) is 5.08. The molecule has 8 heteroatoms. The quantitative estimate of drug-likeness (QED) is 0.368. The predicted molar refractivity (Wildman–Crippen MR) is 55.4 cm³/mol. The van der Waals surface area contributed by atoms with Crippen molar-refractivity contribution in [3.05, 3.63) is 23.2 Å². The molecule has 0 aliphatic heterocycles. The Hall–Kier alpha value is -1.54. The van der Waals surface area contributed by atoms with Crippen LogP contribution in [0.3, 0.4) is 0 Å². The molecule has 0 bridgehead atoms. The third-order valence-corrected chi connectivity index (χ3v) is 2.08. The normalized spacial score (nSPS) is 11.6. The summed E-state index contributed by atoms with van der Waals surface area (Å²) in [7, 11) is 0. The minimum Gasteiger partial charge on any atom is -0.453 e. The molecule has 0 aliphatic rings. The van der Waals surface area contributed by atoms with Gasteiger partial charge in [0.2, 0.25) is 0 Å². The SMILES string of the molecule is Cc1cc(COCCC(F)(F)F)oc1C(=O)NN. The number of amides is 1. The van der Waals surface area contributed by atoms with Gasteiger partial charge in [0.25, 0.3) is 0 Å². The summed E-state index contributed by atoms with van der Waals surface area (Å²) in [5.41, 5.74) is 2.43. The van der Waals surface area contributed by atoms with E-state index in [0.29, 0.717) is 5.56 Å². The zero-order chi connectivity index (χ0) is 13.8. The molecule has 0 saturated heterocycles. The van der Waals surface area contributed by atoms with Gasteiger partial charge in [-0.1, -0.05) is 0 Å². The molecule has 3 N–H and O–H groups in total. The van der Waals surface area contributed by atoms with Gasteiger partial charge in [-0.25, -0.2) is 5.84 Å². The van der Waals surface area contributed by atoms with Gasteiger partial charge in [0.15, 0.2) is 5.76 Å². The Labute approximate surface area is 101 Å². The van der Waals surface area contributed by atoms with Crippen molar-refractivity contribution in [1.82, 2.24) is 5.43 Å². The van der Waals surface area contributed by atoms with Gasteiger partial charge in [0.05, 0.1) is 13.0 Å². The Morgan fingerprint density at radius 1 is 1.56 bits per heavy atom. The molecule has 0 aliphatic carbocycles. The van der Waals surface area contributed by atoms with Crippen molar-refractivity contribution in [2.75, 3.05) is 6.61 Å². The van der Waals surface area contributed by atoms with Gasteiger partial charge in [-0.3, -0.25) is 10.2 Å². The molecule has 1 aromatic rings. The first kappa shape index (κ1) is 14.5. The molecule has 0 fully saturated rings. The molecule has 1 heterocycles. The summed E-state index contributed by atoms with van der Waals surface area (Å²) in [5, 5.41) is 0. The number of rotatable bonds is 5. The topological polar surface area (TPSA) is 77.5 Å². The third kappa shape index (κ3) is 4.38. The van der Waals surface area contributed by atoms with E-state index >= 15 is 0 Å². The Balaban J connectivity index is 2.47. The number of hydrazine groups is 1. The maximum absolute atomic E-state index is 11.8. The number of carbonyl (C=O) groups is 1. The van der Waals surface area contributed by atoms with E-state index < -0.39 is 25.1 Å². The average Bonchev–Trinajstić information content (AvgIpc) is 2.64. The van der Waals surface area contributed by atoms with Crippen LogP contribution in [0.4, 0.5) is 13.2 Å². The van der Waals surface area contributed by atoms with Crippen molar-refractivity contribution in [3.8, 4) is 0 Å². The number of ether oxygens (including phenoxy) is 1. The Kier molecular flexibility index (Phi) is 4.74. The molecular formula is C10H13F3N2O3. The largest absolute Gasteiger partial charge is 0.453 e. The highest BCUT2D eigenvalue weighted by atomic mass is 19.4. The van der Waals surface area contributed by atoms with Gasteiger partial charge in [-0.2, -0.15) is 13.2 Å². The van der Waals surface area contributed by atoms with Crippen LogP contribution < -0.4 is 11.3 Å². The first-order valence-electron chi connectivity index (χ1n) is 5.08. The number of nitrogen functional groups attached to an aromatic ring is 1. The average molecular weight is 266 g/mol. The number of hydrogen-bond acceptors (Lipinski definition) is 4. The van der Waals surface area contributed by atoms with E-state index in [4.69, 9.17) is 15.0 Å². The van der Waals surface area contributed by atoms with Gasteiger partial charge in [0.1, 0.15) is 12.4 Å². The van der Waals surface area contributed by atoms with E-state index in [1.165, 1.54) is 6.07 Å². The fourth-order valence-electron chi connectivity index (χ4n) is 1.27. The minimum absolute atomic E-state index is 0.0203. The number of carbonyl (C=O) groups excluding carboxylic acids is 1. The van der Waals surface area contributed by atoms with E-state index in [1.807, 2.05) is 5.43 Å². The van der Waals surface area contributed by atoms with Crippen LogP contribution in [0.1, 0.15) is 28.3 Å². The van der Waals surface area contributed by atoms with E-state index in [9.17, 15) is 18.0 Å². The van der Waals surface area contributed by atoms with Crippen LogP contribution in [0.25, 0.3) is 0 Å². The maximum Gasteiger partial charge on any atom is 0.391 e. The lowest BCUT2D eigenvalue weighted by Gasteiger charge is -2.05. The molecule has 0 saturated carbocycles. The molecule has 18 heavy (non-hydrogen) atoms. The fourth-order valence-corrected chi connectivity index (χ4v) is 1.27. The van der Waals surface area contributed by atoms with Crippen molar-refractivity contribution in [3.63, 3.8) is 0 Å². The molecular weight excluding hydrogens is 253 g/mol. The smallest absolute Gasteiger partial charge is 0.391 e. The number of nitrogens with two attached hydrogens (primary N) is 1. The Bertz CT molecular complexity index is 415. The molecule has 0 aromatic carbocycles.